The van der Waals surface area contributed by atoms with Gasteiger partial charge in [0, 0.05) is 37.6 Å². The summed E-state index contributed by atoms with van der Waals surface area (Å²) in [5, 5.41) is 3.74. The molecule has 2 heterocycles. The van der Waals surface area contributed by atoms with E-state index < -0.39 is 0 Å². The van der Waals surface area contributed by atoms with Gasteiger partial charge >= 0.3 is 0 Å². The van der Waals surface area contributed by atoms with E-state index in [0.29, 0.717) is 35.0 Å². The van der Waals surface area contributed by atoms with Crippen LogP contribution in [0.2, 0.25) is 0 Å². The Balaban J connectivity index is 1.71. The van der Waals surface area contributed by atoms with Crippen LogP contribution in [0.3, 0.4) is 0 Å². The van der Waals surface area contributed by atoms with Crippen molar-refractivity contribution >= 4 is 16.8 Å². The molecule has 1 amide bonds. The van der Waals surface area contributed by atoms with E-state index >= 15 is 0 Å². The van der Waals surface area contributed by atoms with E-state index in [1.165, 1.54) is 0 Å². The topological polar surface area (TPSA) is 85.0 Å². The summed E-state index contributed by atoms with van der Waals surface area (Å²) in [5.74, 6) is 1.51. The van der Waals surface area contributed by atoms with Crippen LogP contribution in [-0.2, 0) is 4.74 Å². The highest BCUT2D eigenvalue weighted by Crippen LogP contribution is 2.41. The van der Waals surface area contributed by atoms with Crippen molar-refractivity contribution in [2.75, 3.05) is 47.5 Å². The van der Waals surface area contributed by atoms with E-state index in [9.17, 15) is 4.79 Å². The third-order valence-corrected chi connectivity index (χ3v) is 4.89. The third-order valence-electron chi connectivity index (χ3n) is 4.89. The van der Waals surface area contributed by atoms with Crippen molar-refractivity contribution < 1.29 is 23.7 Å². The first kappa shape index (κ1) is 20.3. The van der Waals surface area contributed by atoms with E-state index in [2.05, 4.69) is 29.0 Å². The van der Waals surface area contributed by atoms with E-state index in [4.69, 9.17) is 18.9 Å². The van der Waals surface area contributed by atoms with E-state index in [1.54, 1.807) is 33.5 Å². The molecule has 1 saturated heterocycles. The predicted octanol–water partition coefficient (Wildman–Crippen LogP) is 2.03. The van der Waals surface area contributed by atoms with Gasteiger partial charge in [0.1, 0.15) is 11.4 Å². The Bertz CT molecular complexity index is 825. The molecule has 2 aromatic rings. The molecule has 2 unspecified atom stereocenters. The maximum Gasteiger partial charge on any atom is 0.267 e. The van der Waals surface area contributed by atoms with Crippen molar-refractivity contribution in [2.45, 2.75) is 26.1 Å². The summed E-state index contributed by atoms with van der Waals surface area (Å²) in [6.07, 6.45) is 0.422. The Morgan fingerprint density at radius 3 is 2.43 bits per heavy atom. The molecular weight excluding hydrogens is 362 g/mol. The van der Waals surface area contributed by atoms with E-state index in [1.807, 2.05) is 0 Å². The average molecular weight is 391 g/mol. The molecule has 1 aliphatic rings. The highest BCUT2D eigenvalue weighted by Gasteiger charge is 2.22. The number of carbonyl (C=O) groups is 1. The molecule has 28 heavy (non-hydrogen) atoms. The predicted molar refractivity (Wildman–Crippen MR) is 107 cm³/mol. The minimum Gasteiger partial charge on any atom is -0.496 e. The number of aromatic amines is 1. The molecule has 3 rings (SSSR count). The molecular formula is C20H29N3O5. The zero-order valence-corrected chi connectivity index (χ0v) is 17.1. The summed E-state index contributed by atoms with van der Waals surface area (Å²) in [4.78, 5) is 18.1. The summed E-state index contributed by atoms with van der Waals surface area (Å²) in [6.45, 7) is 7.23. The molecule has 8 heteroatoms. The number of morpholine rings is 1. The standard InChI is InChI=1S/C20H29N3O5/c1-12-10-23(11-13(2)28-12)7-6-21-20(24)15-8-14-16(25-3)9-17(26-4)19(27-5)18(14)22-15/h8-9,12-13,22H,6-7,10-11H2,1-5H3,(H,21,24). The van der Waals surface area contributed by atoms with Crippen molar-refractivity contribution in [1.82, 2.24) is 15.2 Å². The zero-order valence-electron chi connectivity index (χ0n) is 17.1. The number of nitrogens with one attached hydrogen (secondary N) is 2. The molecule has 0 aliphatic carbocycles. The Kier molecular flexibility index (Phi) is 6.31. The number of ether oxygens (including phenoxy) is 4. The van der Waals surface area contributed by atoms with Crippen molar-refractivity contribution in [1.29, 1.82) is 0 Å². The number of methoxy groups -OCH3 is 3. The SMILES string of the molecule is COc1cc(OC)c2cc(C(=O)NCCN3CC(C)OC(C)C3)[nH]c2c1OC. The first-order valence-electron chi connectivity index (χ1n) is 9.44. The van der Waals surface area contributed by atoms with Crippen LogP contribution in [0.1, 0.15) is 24.3 Å². The van der Waals surface area contributed by atoms with Gasteiger partial charge in [0.25, 0.3) is 5.91 Å². The largest absolute Gasteiger partial charge is 0.496 e. The molecule has 0 spiro atoms. The molecule has 1 aliphatic heterocycles. The highest BCUT2D eigenvalue weighted by atomic mass is 16.5. The molecule has 0 radical (unpaired) electrons. The molecule has 1 aromatic heterocycles. The summed E-state index contributed by atoms with van der Waals surface area (Å²) in [5.41, 5.74) is 1.11. The van der Waals surface area contributed by atoms with Crippen LogP contribution in [-0.4, -0.2) is 75.5 Å². The minimum absolute atomic E-state index is 0.173. The van der Waals surface area contributed by atoms with E-state index in [-0.39, 0.29) is 18.1 Å². The van der Waals surface area contributed by atoms with E-state index in [0.717, 1.165) is 25.0 Å². The number of hydrogen-bond acceptors (Lipinski definition) is 6. The van der Waals surface area contributed by atoms with Gasteiger partial charge in [0.2, 0.25) is 0 Å². The fourth-order valence-corrected chi connectivity index (χ4v) is 3.75. The summed E-state index contributed by atoms with van der Waals surface area (Å²) in [6, 6.07) is 3.52. The number of hydrogen-bond donors (Lipinski definition) is 2. The van der Waals surface area contributed by atoms with Gasteiger partial charge in [-0.25, -0.2) is 0 Å². The second kappa shape index (κ2) is 8.70. The second-order valence-electron chi connectivity index (χ2n) is 7.06. The summed E-state index contributed by atoms with van der Waals surface area (Å²) < 4.78 is 22.0. The van der Waals surface area contributed by atoms with Crippen LogP contribution in [0.5, 0.6) is 17.2 Å². The van der Waals surface area contributed by atoms with Gasteiger partial charge in [0.15, 0.2) is 11.5 Å². The Labute approximate surface area is 165 Å². The minimum atomic E-state index is -0.173. The fraction of sp³-hybridized carbons (Fsp3) is 0.550. The van der Waals surface area contributed by atoms with Gasteiger partial charge in [-0.2, -0.15) is 0 Å². The van der Waals surface area contributed by atoms with Crippen molar-refractivity contribution in [3.8, 4) is 17.2 Å². The number of nitrogens with zero attached hydrogens (tertiary/aromatic N) is 1. The van der Waals surface area contributed by atoms with Gasteiger partial charge in [0.05, 0.1) is 39.1 Å². The van der Waals surface area contributed by atoms with Crippen molar-refractivity contribution in [3.05, 3.63) is 17.8 Å². The lowest BCUT2D eigenvalue weighted by Crippen LogP contribution is -2.47. The molecule has 154 valence electrons. The number of amides is 1. The highest BCUT2D eigenvalue weighted by molar-refractivity contribution is 6.02. The lowest BCUT2D eigenvalue weighted by molar-refractivity contribution is -0.0672. The Morgan fingerprint density at radius 2 is 1.82 bits per heavy atom. The number of aromatic nitrogens is 1. The van der Waals surface area contributed by atoms with Crippen molar-refractivity contribution in [2.24, 2.45) is 0 Å². The third kappa shape index (κ3) is 4.18. The molecule has 8 nitrogen and oxygen atoms in total. The smallest absolute Gasteiger partial charge is 0.267 e. The lowest BCUT2D eigenvalue weighted by atomic mass is 10.2. The molecule has 2 N–H and O–H groups in total. The normalized spacial score (nSPS) is 20.2. The van der Waals surface area contributed by atoms with Gasteiger partial charge in [-0.15, -0.1) is 0 Å². The first-order chi connectivity index (χ1) is 13.5. The number of rotatable bonds is 7. The van der Waals surface area contributed by atoms with Gasteiger partial charge < -0.3 is 29.2 Å². The maximum atomic E-state index is 12.6. The van der Waals surface area contributed by atoms with Gasteiger partial charge in [-0.1, -0.05) is 0 Å². The van der Waals surface area contributed by atoms with Crippen LogP contribution in [0.15, 0.2) is 12.1 Å². The van der Waals surface area contributed by atoms with Gasteiger partial charge in [-0.3, -0.25) is 9.69 Å². The average Bonchev–Trinajstić information content (AvgIpc) is 3.11. The Morgan fingerprint density at radius 1 is 1.14 bits per heavy atom. The molecule has 1 fully saturated rings. The zero-order chi connectivity index (χ0) is 20.3. The quantitative estimate of drug-likeness (QED) is 0.751. The van der Waals surface area contributed by atoms with Crippen LogP contribution in [0.25, 0.3) is 10.9 Å². The molecule has 0 saturated carbocycles. The van der Waals surface area contributed by atoms with Gasteiger partial charge in [-0.05, 0) is 19.9 Å². The number of carbonyl (C=O) groups excluding carboxylic acids is 1. The molecule has 0 bridgehead atoms. The molecule has 2 atom stereocenters. The monoisotopic (exact) mass is 391 g/mol. The summed E-state index contributed by atoms with van der Waals surface area (Å²) in [7, 11) is 4.71. The van der Waals surface area contributed by atoms with Crippen LogP contribution >= 0.6 is 0 Å². The number of fused-ring (bicyclic) bond motifs is 1. The fourth-order valence-electron chi connectivity index (χ4n) is 3.75. The number of benzene rings is 1. The first-order valence-corrected chi connectivity index (χ1v) is 9.44. The molecule has 1 aromatic carbocycles. The summed E-state index contributed by atoms with van der Waals surface area (Å²) >= 11 is 0. The Hall–Kier alpha value is -2.45. The van der Waals surface area contributed by atoms with Crippen LogP contribution in [0, 0.1) is 0 Å². The van der Waals surface area contributed by atoms with Crippen molar-refractivity contribution in [3.63, 3.8) is 0 Å². The maximum absolute atomic E-state index is 12.6. The lowest BCUT2D eigenvalue weighted by Gasteiger charge is -2.35. The number of H-pyrrole nitrogens is 1. The second-order valence-corrected chi connectivity index (χ2v) is 7.06. The van der Waals surface area contributed by atoms with Crippen LogP contribution < -0.4 is 19.5 Å². The van der Waals surface area contributed by atoms with Crippen LogP contribution in [0.4, 0.5) is 0 Å².